The van der Waals surface area contributed by atoms with Gasteiger partial charge in [-0.3, -0.25) is 0 Å². The molecule has 3 aromatic rings. The van der Waals surface area contributed by atoms with Crippen LogP contribution in [0, 0.1) is 0 Å². The highest BCUT2D eigenvalue weighted by molar-refractivity contribution is 5.93. The van der Waals surface area contributed by atoms with Crippen molar-refractivity contribution in [3.05, 3.63) is 47.4 Å². The van der Waals surface area contributed by atoms with Gasteiger partial charge in [-0.15, -0.1) is 22.6 Å². The smallest absolute Gasteiger partial charge is 0.174 e. The van der Waals surface area contributed by atoms with E-state index in [0.29, 0.717) is 5.82 Å². The number of hydrogen-bond acceptors (Lipinski definition) is 5. The van der Waals surface area contributed by atoms with E-state index in [0.717, 1.165) is 73.4 Å². The molecule has 0 fully saturated rings. The number of imidazole rings is 1. The Balaban J connectivity index is 0.00000240. The molecule has 0 spiro atoms. The highest BCUT2D eigenvalue weighted by Gasteiger charge is 2.21. The number of aromatic nitrogens is 4. The zero-order valence-corrected chi connectivity index (χ0v) is 17.8. The van der Waals surface area contributed by atoms with Crippen molar-refractivity contribution in [3.8, 4) is 5.75 Å². The van der Waals surface area contributed by atoms with Crippen molar-refractivity contribution < 1.29 is 4.74 Å². The Morgan fingerprint density at radius 2 is 1.97 bits per heavy atom. The van der Waals surface area contributed by atoms with Gasteiger partial charge in [0, 0.05) is 13.0 Å². The number of nitrogens with zero attached hydrogens (tertiary/aromatic N) is 4. The number of ether oxygens (including phenoxy) is 1. The number of unbranched alkanes of at least 4 members (excludes halogenated alkanes) is 1. The van der Waals surface area contributed by atoms with Gasteiger partial charge >= 0.3 is 0 Å². The molecule has 0 aliphatic heterocycles. The predicted octanol–water partition coefficient (Wildman–Crippen LogP) is 4.80. The molecule has 2 aromatic heterocycles. The second-order valence-corrected chi connectivity index (χ2v) is 7.32. The van der Waals surface area contributed by atoms with Crippen molar-refractivity contribution >= 4 is 34.8 Å². The summed E-state index contributed by atoms with van der Waals surface area (Å²) in [5.41, 5.74) is 11.4. The van der Waals surface area contributed by atoms with Crippen molar-refractivity contribution in [2.24, 2.45) is 0 Å². The van der Waals surface area contributed by atoms with Crippen molar-refractivity contribution in [1.29, 1.82) is 0 Å². The zero-order valence-electron chi connectivity index (χ0n) is 17.0. The summed E-state index contributed by atoms with van der Waals surface area (Å²) in [6.45, 7) is 2.92. The number of fused-ring (bicyclic) bond motifs is 1. The van der Waals surface area contributed by atoms with Gasteiger partial charge in [-0.2, -0.15) is 0 Å². The molecular weight excluding hydrogens is 386 g/mol. The molecule has 0 radical (unpaired) electrons. The normalized spacial score (nSPS) is 13.4. The lowest BCUT2D eigenvalue weighted by Gasteiger charge is -2.12. The number of halogens is 1. The SMILES string of the molecule is CCCCc1nc2c(N)nnc(C3=CCCC3)c2n1Cc1ccc(OC)cc1.Cl. The first-order valence-electron chi connectivity index (χ1n) is 10.0. The van der Waals surface area contributed by atoms with E-state index in [-0.39, 0.29) is 12.4 Å². The van der Waals surface area contributed by atoms with E-state index in [9.17, 15) is 0 Å². The first-order valence-corrected chi connectivity index (χ1v) is 10.0. The molecule has 29 heavy (non-hydrogen) atoms. The molecule has 0 amide bonds. The van der Waals surface area contributed by atoms with Gasteiger partial charge in [-0.1, -0.05) is 31.6 Å². The molecule has 7 heteroatoms. The minimum absolute atomic E-state index is 0. The first kappa shape index (κ1) is 21.1. The highest BCUT2D eigenvalue weighted by atomic mass is 35.5. The van der Waals surface area contributed by atoms with Gasteiger partial charge in [0.05, 0.1) is 7.11 Å². The second-order valence-electron chi connectivity index (χ2n) is 7.32. The van der Waals surface area contributed by atoms with Gasteiger partial charge in [0.15, 0.2) is 5.82 Å². The third kappa shape index (κ3) is 4.22. The van der Waals surface area contributed by atoms with E-state index in [4.69, 9.17) is 15.5 Å². The van der Waals surface area contributed by atoms with E-state index in [1.165, 1.54) is 11.1 Å². The number of benzene rings is 1. The van der Waals surface area contributed by atoms with Gasteiger partial charge in [0.25, 0.3) is 0 Å². The van der Waals surface area contributed by atoms with Crippen molar-refractivity contribution in [2.75, 3.05) is 12.8 Å². The number of aryl methyl sites for hydroxylation is 1. The Hall–Kier alpha value is -2.60. The molecule has 6 nitrogen and oxygen atoms in total. The van der Waals surface area contributed by atoms with Crippen molar-refractivity contribution in [2.45, 2.75) is 52.0 Å². The number of nitrogen functional groups attached to an aromatic ring is 1. The minimum atomic E-state index is 0. The molecule has 154 valence electrons. The number of methoxy groups -OCH3 is 1. The fourth-order valence-corrected chi connectivity index (χ4v) is 3.83. The standard InChI is InChI=1S/C22H27N5O.ClH/c1-3-4-9-18-24-20-21(19(25-26-22(20)23)16-7-5-6-8-16)27(18)14-15-10-12-17(28-2)13-11-15;/h7,10-13H,3-6,8-9,14H2,1-2H3,(H2,23,26);1H. The maximum absolute atomic E-state index is 6.18. The van der Waals surface area contributed by atoms with Gasteiger partial charge in [-0.05, 0) is 49.0 Å². The van der Waals surface area contributed by atoms with Gasteiger partial charge in [0.2, 0.25) is 0 Å². The fraction of sp³-hybridized carbons (Fsp3) is 0.409. The van der Waals surface area contributed by atoms with Gasteiger partial charge < -0.3 is 15.0 Å². The zero-order chi connectivity index (χ0) is 19.5. The maximum atomic E-state index is 6.18. The van der Waals surface area contributed by atoms with Crippen LogP contribution in [-0.4, -0.2) is 26.9 Å². The highest BCUT2D eigenvalue weighted by Crippen LogP contribution is 2.33. The van der Waals surface area contributed by atoms with E-state index in [1.807, 2.05) is 12.1 Å². The van der Waals surface area contributed by atoms with E-state index >= 15 is 0 Å². The molecular formula is C22H28ClN5O. The van der Waals surface area contributed by atoms with E-state index in [1.54, 1.807) is 7.11 Å². The molecule has 2 heterocycles. The maximum Gasteiger partial charge on any atom is 0.174 e. The molecule has 1 aromatic carbocycles. The topological polar surface area (TPSA) is 78.9 Å². The predicted molar refractivity (Wildman–Crippen MR) is 120 cm³/mol. The van der Waals surface area contributed by atoms with Gasteiger partial charge in [0.1, 0.15) is 28.3 Å². The number of hydrogen-bond donors (Lipinski definition) is 1. The molecule has 2 N–H and O–H groups in total. The monoisotopic (exact) mass is 413 g/mol. The molecule has 0 saturated heterocycles. The number of allylic oxidation sites excluding steroid dienone is 2. The van der Waals surface area contributed by atoms with Crippen molar-refractivity contribution in [1.82, 2.24) is 19.7 Å². The lowest BCUT2D eigenvalue weighted by atomic mass is 10.1. The average Bonchev–Trinajstić information content (AvgIpc) is 3.37. The molecule has 0 unspecified atom stereocenters. The molecule has 4 rings (SSSR count). The Morgan fingerprint density at radius 3 is 2.62 bits per heavy atom. The largest absolute Gasteiger partial charge is 0.497 e. The third-order valence-corrected chi connectivity index (χ3v) is 5.37. The molecule has 0 bridgehead atoms. The summed E-state index contributed by atoms with van der Waals surface area (Å²) >= 11 is 0. The van der Waals surface area contributed by atoms with Crippen LogP contribution < -0.4 is 10.5 Å². The van der Waals surface area contributed by atoms with Gasteiger partial charge in [-0.25, -0.2) is 4.98 Å². The van der Waals surface area contributed by atoms with E-state index < -0.39 is 0 Å². The minimum Gasteiger partial charge on any atom is -0.497 e. The van der Waals surface area contributed by atoms with Crippen LogP contribution in [0.2, 0.25) is 0 Å². The number of anilines is 1. The number of nitrogens with two attached hydrogens (primary N) is 1. The second kappa shape index (κ2) is 9.27. The molecule has 0 saturated carbocycles. The van der Waals surface area contributed by atoms with Crippen LogP contribution in [0.15, 0.2) is 30.3 Å². The molecule has 0 atom stereocenters. The summed E-state index contributed by atoms with van der Waals surface area (Å²) in [6.07, 6.45) is 8.69. The lowest BCUT2D eigenvalue weighted by molar-refractivity contribution is 0.414. The van der Waals surface area contributed by atoms with Crippen LogP contribution in [0.5, 0.6) is 5.75 Å². The summed E-state index contributed by atoms with van der Waals surface area (Å²) in [6, 6.07) is 8.19. The number of rotatable bonds is 7. The first-order chi connectivity index (χ1) is 13.7. The van der Waals surface area contributed by atoms with Crippen LogP contribution in [0.1, 0.15) is 56.1 Å². The summed E-state index contributed by atoms with van der Waals surface area (Å²) < 4.78 is 7.58. The summed E-state index contributed by atoms with van der Waals surface area (Å²) in [4.78, 5) is 4.90. The van der Waals surface area contributed by atoms with Crippen molar-refractivity contribution in [3.63, 3.8) is 0 Å². The van der Waals surface area contributed by atoms with Crippen LogP contribution in [0.3, 0.4) is 0 Å². The third-order valence-electron chi connectivity index (χ3n) is 5.37. The molecule has 1 aliphatic rings. The quantitative estimate of drug-likeness (QED) is 0.602. The van der Waals surface area contributed by atoms with Crippen LogP contribution in [0.25, 0.3) is 16.6 Å². The summed E-state index contributed by atoms with van der Waals surface area (Å²) in [5, 5.41) is 8.70. The Morgan fingerprint density at radius 1 is 1.17 bits per heavy atom. The van der Waals surface area contributed by atoms with Crippen LogP contribution >= 0.6 is 12.4 Å². The fourth-order valence-electron chi connectivity index (χ4n) is 3.83. The summed E-state index contributed by atoms with van der Waals surface area (Å²) in [5.74, 6) is 2.31. The van der Waals surface area contributed by atoms with Crippen LogP contribution in [0.4, 0.5) is 5.82 Å². The summed E-state index contributed by atoms with van der Waals surface area (Å²) in [7, 11) is 1.68. The average molecular weight is 414 g/mol. The Kier molecular flexibility index (Phi) is 6.75. The Labute approximate surface area is 177 Å². The molecule has 1 aliphatic carbocycles. The lowest BCUT2D eigenvalue weighted by Crippen LogP contribution is -2.08. The van der Waals surface area contributed by atoms with E-state index in [2.05, 4.69) is 39.9 Å². The van der Waals surface area contributed by atoms with Crippen LogP contribution in [-0.2, 0) is 13.0 Å². The Bertz CT molecular complexity index is 1010.